The van der Waals surface area contributed by atoms with Crippen molar-refractivity contribution in [2.24, 2.45) is 11.7 Å². The Morgan fingerprint density at radius 1 is 0.952 bits per heavy atom. The fourth-order valence-electron chi connectivity index (χ4n) is 3.68. The number of hydrogen-bond acceptors (Lipinski definition) is 3. The molecule has 0 aromatic heterocycles. The number of nitrogens with one attached hydrogen (secondary N) is 1. The predicted octanol–water partition coefficient (Wildman–Crippen LogP) is 1.16. The van der Waals surface area contributed by atoms with Crippen molar-refractivity contribution in [3.8, 4) is 0 Å². The van der Waals surface area contributed by atoms with Gasteiger partial charge in [-0.15, -0.1) is 0 Å². The van der Waals surface area contributed by atoms with Crippen LogP contribution in [0.25, 0.3) is 0 Å². The summed E-state index contributed by atoms with van der Waals surface area (Å²) in [6.07, 6.45) is 9.08. The minimum Gasteiger partial charge on any atom is -0.352 e. The van der Waals surface area contributed by atoms with Gasteiger partial charge in [0.2, 0.25) is 11.8 Å². The van der Waals surface area contributed by atoms with Gasteiger partial charge < -0.3 is 16.0 Å². The summed E-state index contributed by atoms with van der Waals surface area (Å²) in [5.74, 6) is 0.0882. The summed E-state index contributed by atoms with van der Waals surface area (Å²) in [6.45, 7) is 0.713. The lowest BCUT2D eigenvalue weighted by atomic mass is 9.93. The molecule has 3 unspecified atom stereocenters. The minimum atomic E-state index is -0.256. The molecule has 0 bridgehead atoms. The fourth-order valence-corrected chi connectivity index (χ4v) is 3.68. The van der Waals surface area contributed by atoms with Gasteiger partial charge in [0.25, 0.3) is 0 Å². The Morgan fingerprint density at radius 3 is 2.48 bits per heavy atom. The van der Waals surface area contributed by atoms with E-state index in [2.05, 4.69) is 5.32 Å². The van der Waals surface area contributed by atoms with Crippen LogP contribution < -0.4 is 11.1 Å². The summed E-state index contributed by atoms with van der Waals surface area (Å²) >= 11 is 0. The van der Waals surface area contributed by atoms with Crippen LogP contribution in [0, 0.1) is 5.92 Å². The van der Waals surface area contributed by atoms with Gasteiger partial charge in [0.05, 0.1) is 5.92 Å². The van der Waals surface area contributed by atoms with Crippen molar-refractivity contribution in [2.75, 3.05) is 6.54 Å². The van der Waals surface area contributed by atoms with Crippen molar-refractivity contribution in [3.05, 3.63) is 0 Å². The largest absolute Gasteiger partial charge is 0.352 e. The lowest BCUT2D eigenvalue weighted by Gasteiger charge is -2.30. The molecule has 1 heterocycles. The maximum absolute atomic E-state index is 12.8. The predicted molar refractivity (Wildman–Crippen MR) is 80.5 cm³/mol. The molecule has 118 valence electrons. The van der Waals surface area contributed by atoms with E-state index >= 15 is 0 Å². The number of nitrogens with two attached hydrogens (primary N) is 1. The van der Waals surface area contributed by atoms with Crippen molar-refractivity contribution in [1.29, 1.82) is 0 Å². The molecule has 5 nitrogen and oxygen atoms in total. The van der Waals surface area contributed by atoms with Crippen LogP contribution in [0.4, 0.5) is 0 Å². The first kappa shape index (κ1) is 14.8. The summed E-state index contributed by atoms with van der Waals surface area (Å²) in [5, 5.41) is 3.04. The molecule has 3 fully saturated rings. The number of nitrogens with zero attached hydrogens (tertiary/aromatic N) is 1. The lowest BCUT2D eigenvalue weighted by Crippen LogP contribution is -2.51. The van der Waals surface area contributed by atoms with E-state index in [0.29, 0.717) is 12.6 Å². The lowest BCUT2D eigenvalue weighted by molar-refractivity contribution is -0.142. The molecule has 5 heteroatoms. The van der Waals surface area contributed by atoms with E-state index < -0.39 is 0 Å². The molecule has 3 atom stereocenters. The zero-order valence-corrected chi connectivity index (χ0v) is 12.7. The third-order valence-corrected chi connectivity index (χ3v) is 5.15. The maximum Gasteiger partial charge on any atom is 0.243 e. The van der Waals surface area contributed by atoms with E-state index in [9.17, 15) is 9.59 Å². The van der Waals surface area contributed by atoms with Crippen molar-refractivity contribution >= 4 is 11.8 Å². The van der Waals surface area contributed by atoms with Crippen LogP contribution >= 0.6 is 0 Å². The van der Waals surface area contributed by atoms with Crippen molar-refractivity contribution in [2.45, 2.75) is 75.9 Å². The maximum atomic E-state index is 12.8. The highest BCUT2D eigenvalue weighted by Crippen LogP contribution is 2.28. The number of hydrogen-bond donors (Lipinski definition) is 2. The second-order valence-electron chi connectivity index (χ2n) is 6.88. The highest BCUT2D eigenvalue weighted by atomic mass is 16.2. The Hall–Kier alpha value is -1.10. The Morgan fingerprint density at radius 2 is 1.71 bits per heavy atom. The van der Waals surface area contributed by atoms with Gasteiger partial charge in [0.1, 0.15) is 6.04 Å². The number of amides is 2. The molecule has 1 saturated heterocycles. The third kappa shape index (κ3) is 3.39. The molecule has 21 heavy (non-hydrogen) atoms. The molecule has 2 saturated carbocycles. The second kappa shape index (κ2) is 6.34. The Labute approximate surface area is 126 Å². The van der Waals surface area contributed by atoms with Crippen LogP contribution in [0.1, 0.15) is 57.8 Å². The van der Waals surface area contributed by atoms with E-state index in [0.717, 1.165) is 51.4 Å². The zero-order chi connectivity index (χ0) is 14.8. The van der Waals surface area contributed by atoms with Gasteiger partial charge in [-0.1, -0.05) is 19.3 Å². The normalized spacial score (nSPS) is 33.6. The van der Waals surface area contributed by atoms with E-state index in [1.165, 1.54) is 6.42 Å². The zero-order valence-electron chi connectivity index (χ0n) is 12.7. The highest BCUT2D eigenvalue weighted by Gasteiger charge is 2.40. The summed E-state index contributed by atoms with van der Waals surface area (Å²) in [6, 6.07) is 0.0662. The standard InChI is InChI=1S/C16H27N3O2/c17-13-6-3-1-2-5-12(13)16(21)19-10-4-7-14(19)15(20)18-11-8-9-11/h11-14H,1-10,17H2,(H,18,20). The minimum absolute atomic E-state index is 0.0345. The summed E-state index contributed by atoms with van der Waals surface area (Å²) in [7, 11) is 0. The summed E-state index contributed by atoms with van der Waals surface area (Å²) < 4.78 is 0. The van der Waals surface area contributed by atoms with Crippen molar-refractivity contribution in [1.82, 2.24) is 10.2 Å². The Bertz CT molecular complexity index is 408. The van der Waals surface area contributed by atoms with Crippen LogP contribution in [0.2, 0.25) is 0 Å². The molecule has 0 spiro atoms. The summed E-state index contributed by atoms with van der Waals surface area (Å²) in [5.41, 5.74) is 6.21. The topological polar surface area (TPSA) is 75.4 Å². The molecular weight excluding hydrogens is 266 g/mol. The van der Waals surface area contributed by atoms with Gasteiger partial charge in [-0.05, 0) is 38.5 Å². The average Bonchev–Trinajstić information content (AvgIpc) is 3.18. The van der Waals surface area contributed by atoms with Gasteiger partial charge in [-0.3, -0.25) is 9.59 Å². The monoisotopic (exact) mass is 293 g/mol. The van der Waals surface area contributed by atoms with Gasteiger partial charge in [0.15, 0.2) is 0 Å². The molecule has 0 aromatic rings. The van der Waals surface area contributed by atoms with Crippen molar-refractivity contribution < 1.29 is 9.59 Å². The van der Waals surface area contributed by atoms with Crippen LogP contribution in [0.3, 0.4) is 0 Å². The third-order valence-electron chi connectivity index (χ3n) is 5.15. The Balaban J connectivity index is 1.65. The molecule has 0 aromatic carbocycles. The smallest absolute Gasteiger partial charge is 0.243 e. The van der Waals surface area contributed by atoms with Crippen LogP contribution in [0.15, 0.2) is 0 Å². The van der Waals surface area contributed by atoms with Crippen molar-refractivity contribution in [3.63, 3.8) is 0 Å². The quantitative estimate of drug-likeness (QED) is 0.767. The van der Waals surface area contributed by atoms with E-state index in [4.69, 9.17) is 5.73 Å². The molecule has 2 amide bonds. The molecule has 3 rings (SSSR count). The van der Waals surface area contributed by atoms with Gasteiger partial charge in [-0.25, -0.2) is 0 Å². The van der Waals surface area contributed by atoms with Crippen LogP contribution in [-0.4, -0.2) is 41.4 Å². The first-order valence-corrected chi connectivity index (χ1v) is 8.53. The Kier molecular flexibility index (Phi) is 4.48. The number of rotatable bonds is 3. The van der Waals surface area contributed by atoms with Crippen LogP contribution in [-0.2, 0) is 9.59 Å². The van der Waals surface area contributed by atoms with Gasteiger partial charge in [0, 0.05) is 18.6 Å². The van der Waals surface area contributed by atoms with E-state index in [1.807, 2.05) is 4.90 Å². The summed E-state index contributed by atoms with van der Waals surface area (Å²) in [4.78, 5) is 27.0. The van der Waals surface area contributed by atoms with E-state index in [1.54, 1.807) is 0 Å². The SMILES string of the molecule is NC1CCCCCC1C(=O)N1CCCC1C(=O)NC1CC1. The van der Waals surface area contributed by atoms with Crippen LogP contribution in [0.5, 0.6) is 0 Å². The average molecular weight is 293 g/mol. The van der Waals surface area contributed by atoms with E-state index in [-0.39, 0.29) is 29.8 Å². The highest BCUT2D eigenvalue weighted by molar-refractivity contribution is 5.89. The molecule has 3 aliphatic rings. The molecule has 3 N–H and O–H groups in total. The second-order valence-corrected chi connectivity index (χ2v) is 6.88. The molecular formula is C16H27N3O2. The fraction of sp³-hybridized carbons (Fsp3) is 0.875. The first-order chi connectivity index (χ1) is 10.2. The molecule has 0 radical (unpaired) electrons. The number of likely N-dealkylation sites (tertiary alicyclic amines) is 1. The molecule has 2 aliphatic carbocycles. The number of carbonyl (C=O) groups is 2. The van der Waals surface area contributed by atoms with Gasteiger partial charge in [-0.2, -0.15) is 0 Å². The van der Waals surface area contributed by atoms with Gasteiger partial charge >= 0.3 is 0 Å². The molecule has 1 aliphatic heterocycles. The number of carbonyl (C=O) groups excluding carboxylic acids is 2. The first-order valence-electron chi connectivity index (χ1n) is 8.53.